The monoisotopic (exact) mass is 449 g/mol. The number of fused-ring (bicyclic) bond motifs is 1. The molecular formula is C18H19Cl3FN3OS. The maximum Gasteiger partial charge on any atom is 0.161 e. The van der Waals surface area contributed by atoms with E-state index in [0.29, 0.717) is 40.0 Å². The van der Waals surface area contributed by atoms with Crippen molar-refractivity contribution in [2.45, 2.75) is 43.9 Å². The third kappa shape index (κ3) is 3.78. The fourth-order valence-corrected chi connectivity index (χ4v) is 5.40. The lowest BCUT2D eigenvalue weighted by molar-refractivity contribution is 0.0837. The zero-order valence-electron chi connectivity index (χ0n) is 14.3. The van der Waals surface area contributed by atoms with Crippen LogP contribution in [0.2, 0.25) is 10.2 Å². The first kappa shape index (κ1) is 20.7. The highest BCUT2D eigenvalue weighted by Gasteiger charge is 2.44. The van der Waals surface area contributed by atoms with Crippen LogP contribution < -0.4 is 11.1 Å². The summed E-state index contributed by atoms with van der Waals surface area (Å²) in [5.41, 5.74) is 5.77. The molecule has 27 heavy (non-hydrogen) atoms. The second-order valence-corrected chi connectivity index (χ2v) is 8.35. The van der Waals surface area contributed by atoms with Crippen LogP contribution in [0.25, 0.3) is 10.2 Å². The quantitative estimate of drug-likeness (QED) is 0.458. The Kier molecular flexibility index (Phi) is 6.23. The molecule has 3 aromatic heterocycles. The number of pyridine rings is 1. The van der Waals surface area contributed by atoms with E-state index in [1.165, 1.54) is 11.3 Å². The molecule has 0 radical (unpaired) electrons. The summed E-state index contributed by atoms with van der Waals surface area (Å²) in [5, 5.41) is 3.89. The molecule has 0 amide bonds. The molecule has 1 saturated carbocycles. The van der Waals surface area contributed by atoms with Crippen LogP contribution in [0.4, 0.5) is 10.1 Å². The fourth-order valence-electron chi connectivity index (χ4n) is 3.45. The van der Waals surface area contributed by atoms with Gasteiger partial charge in [0.25, 0.3) is 0 Å². The van der Waals surface area contributed by atoms with E-state index < -0.39 is 11.7 Å². The number of rotatable bonds is 4. The van der Waals surface area contributed by atoms with Gasteiger partial charge in [-0.1, -0.05) is 29.6 Å². The lowest BCUT2D eigenvalue weighted by atomic mass is 9.81. The van der Waals surface area contributed by atoms with Crippen molar-refractivity contribution in [3.63, 3.8) is 0 Å². The molecule has 0 aromatic carbocycles. The Morgan fingerprint density at radius 3 is 2.93 bits per heavy atom. The molecule has 0 saturated heterocycles. The number of anilines is 1. The zero-order chi connectivity index (χ0) is 18.3. The van der Waals surface area contributed by atoms with Crippen molar-refractivity contribution in [2.24, 2.45) is 5.73 Å². The van der Waals surface area contributed by atoms with Crippen molar-refractivity contribution in [3.8, 4) is 0 Å². The minimum atomic E-state index is -1.62. The van der Waals surface area contributed by atoms with Gasteiger partial charge in [0.2, 0.25) is 0 Å². The number of nitrogens with two attached hydrogens (primary N) is 1. The predicted molar refractivity (Wildman–Crippen MR) is 112 cm³/mol. The Morgan fingerprint density at radius 2 is 2.22 bits per heavy atom. The van der Waals surface area contributed by atoms with E-state index in [2.05, 4.69) is 10.3 Å². The lowest BCUT2D eigenvalue weighted by Gasteiger charge is -2.34. The first-order valence-electron chi connectivity index (χ1n) is 8.49. The molecule has 1 fully saturated rings. The number of halogens is 4. The van der Waals surface area contributed by atoms with E-state index in [4.69, 9.17) is 33.4 Å². The Balaban J connectivity index is 0.00000210. The van der Waals surface area contributed by atoms with Gasteiger partial charge in [-0.3, -0.25) is 0 Å². The average molecular weight is 451 g/mol. The third-order valence-corrected chi connectivity index (χ3v) is 6.90. The molecule has 1 aliphatic rings. The molecule has 1 aliphatic carbocycles. The van der Waals surface area contributed by atoms with Crippen molar-refractivity contribution in [2.75, 3.05) is 5.32 Å². The van der Waals surface area contributed by atoms with Gasteiger partial charge in [-0.15, -0.1) is 23.7 Å². The standard InChI is InChI=1S/C18H18Cl2FN3OS.ClH/c19-13-8-11(23-9-10-4-3-7-25-10)16-15(24-13)14(20)17(26-16)18(21)6-2-1-5-12(18)22;/h3-4,7-8,12H,1-2,5-6,9,22H2,(H,23,24);1H/t12-,18+;/m0./s1. The van der Waals surface area contributed by atoms with E-state index in [9.17, 15) is 0 Å². The molecule has 3 heterocycles. The van der Waals surface area contributed by atoms with Gasteiger partial charge in [-0.2, -0.15) is 0 Å². The zero-order valence-corrected chi connectivity index (χ0v) is 17.5. The van der Waals surface area contributed by atoms with Gasteiger partial charge >= 0.3 is 0 Å². The number of furan rings is 1. The third-order valence-electron chi connectivity index (χ3n) is 4.86. The summed E-state index contributed by atoms with van der Waals surface area (Å²) in [6.07, 6.45) is 4.38. The summed E-state index contributed by atoms with van der Waals surface area (Å²) in [6.45, 7) is 0.480. The molecule has 0 unspecified atom stereocenters. The first-order chi connectivity index (χ1) is 12.5. The van der Waals surface area contributed by atoms with Crippen molar-refractivity contribution < 1.29 is 8.81 Å². The normalized spacial score (nSPS) is 22.6. The number of thiophene rings is 1. The molecule has 146 valence electrons. The molecule has 0 spiro atoms. The van der Waals surface area contributed by atoms with Gasteiger partial charge in [0.05, 0.1) is 33.1 Å². The van der Waals surface area contributed by atoms with Gasteiger partial charge in [-0.05, 0) is 31.4 Å². The number of hydrogen-bond acceptors (Lipinski definition) is 5. The Labute approximate surface area is 176 Å². The van der Waals surface area contributed by atoms with Crippen molar-refractivity contribution >= 4 is 62.8 Å². The Hall–Kier alpha value is -1.05. The van der Waals surface area contributed by atoms with Crippen LogP contribution in [0.3, 0.4) is 0 Å². The van der Waals surface area contributed by atoms with Gasteiger partial charge in [0.15, 0.2) is 5.67 Å². The molecule has 0 aliphatic heterocycles. The highest BCUT2D eigenvalue weighted by Crippen LogP contribution is 2.50. The SMILES string of the molecule is Cl.N[C@H]1CCCC[C@]1(F)c1sc2c(NCc3ccco3)cc(Cl)nc2c1Cl. The molecule has 4 rings (SSSR count). The van der Waals surface area contributed by atoms with E-state index in [1.807, 2.05) is 12.1 Å². The Bertz CT molecular complexity index is 934. The molecule has 9 heteroatoms. The molecular weight excluding hydrogens is 432 g/mol. The maximum atomic E-state index is 15.7. The molecule has 2 atom stereocenters. The minimum absolute atomic E-state index is 0. The van der Waals surface area contributed by atoms with Crippen molar-refractivity contribution in [1.29, 1.82) is 0 Å². The number of alkyl halides is 1. The summed E-state index contributed by atoms with van der Waals surface area (Å²) in [7, 11) is 0. The van der Waals surface area contributed by atoms with Crippen molar-refractivity contribution in [3.05, 3.63) is 45.3 Å². The highest BCUT2D eigenvalue weighted by atomic mass is 35.5. The fraction of sp³-hybridized carbons (Fsp3) is 0.389. The summed E-state index contributed by atoms with van der Waals surface area (Å²) < 4.78 is 21.9. The average Bonchev–Trinajstić information content (AvgIpc) is 3.24. The number of nitrogens with one attached hydrogen (secondary N) is 1. The smallest absolute Gasteiger partial charge is 0.161 e. The summed E-state index contributed by atoms with van der Waals surface area (Å²) in [5.74, 6) is 0.783. The van der Waals surface area contributed by atoms with Gasteiger partial charge in [0, 0.05) is 12.1 Å². The molecule has 3 N–H and O–H groups in total. The van der Waals surface area contributed by atoms with Crippen LogP contribution in [-0.4, -0.2) is 11.0 Å². The maximum absolute atomic E-state index is 15.7. The van der Waals surface area contributed by atoms with Crippen LogP contribution in [0.1, 0.15) is 36.3 Å². The van der Waals surface area contributed by atoms with Gasteiger partial charge < -0.3 is 15.5 Å². The van der Waals surface area contributed by atoms with Crippen LogP contribution >= 0.6 is 46.9 Å². The Morgan fingerprint density at radius 1 is 1.41 bits per heavy atom. The molecule has 3 aromatic rings. The first-order valence-corrected chi connectivity index (χ1v) is 10.1. The second kappa shape index (κ2) is 8.13. The lowest BCUT2D eigenvalue weighted by Crippen LogP contribution is -2.44. The van der Waals surface area contributed by atoms with Crippen LogP contribution in [-0.2, 0) is 12.2 Å². The minimum Gasteiger partial charge on any atom is -0.467 e. The number of hydrogen-bond donors (Lipinski definition) is 2. The number of nitrogens with zero attached hydrogens (tertiary/aromatic N) is 1. The van der Waals surface area contributed by atoms with E-state index in [1.54, 1.807) is 12.3 Å². The highest BCUT2D eigenvalue weighted by molar-refractivity contribution is 7.20. The topological polar surface area (TPSA) is 64.1 Å². The van der Waals surface area contributed by atoms with Crippen LogP contribution in [0.15, 0.2) is 28.9 Å². The van der Waals surface area contributed by atoms with Crippen LogP contribution in [0, 0.1) is 0 Å². The molecule has 0 bridgehead atoms. The molecule has 4 nitrogen and oxygen atoms in total. The summed E-state index contributed by atoms with van der Waals surface area (Å²) >= 11 is 14.0. The summed E-state index contributed by atoms with van der Waals surface area (Å²) in [4.78, 5) is 4.78. The van der Waals surface area contributed by atoms with Gasteiger partial charge in [-0.25, -0.2) is 9.37 Å². The summed E-state index contributed by atoms with van der Waals surface area (Å²) in [6, 6.07) is 4.85. The largest absolute Gasteiger partial charge is 0.467 e. The van der Waals surface area contributed by atoms with E-state index >= 15 is 4.39 Å². The predicted octanol–water partition coefficient (Wildman–Crippen LogP) is 6.30. The number of aromatic nitrogens is 1. The second-order valence-electron chi connectivity index (χ2n) is 6.56. The van der Waals surface area contributed by atoms with E-state index in [0.717, 1.165) is 29.0 Å². The van der Waals surface area contributed by atoms with E-state index in [-0.39, 0.29) is 12.4 Å². The van der Waals surface area contributed by atoms with Crippen molar-refractivity contribution in [1.82, 2.24) is 4.98 Å². The van der Waals surface area contributed by atoms with Gasteiger partial charge in [0.1, 0.15) is 16.4 Å². The van der Waals surface area contributed by atoms with Crippen LogP contribution in [0.5, 0.6) is 0 Å².